The van der Waals surface area contributed by atoms with E-state index in [1.165, 1.54) is 5.56 Å². The standard InChI is InChI=1S/C16H19N3O2/c1-2-14-17-16(21-18-14)13-10-15(20)19(11-13)9-8-12-6-4-3-5-7-12/h3-7,13H,2,8-11H2,1H3/t13-/m0/s1. The Kier molecular flexibility index (Phi) is 3.99. The number of aromatic nitrogens is 2. The largest absolute Gasteiger partial charge is 0.342 e. The third kappa shape index (κ3) is 3.12. The molecule has 0 saturated carbocycles. The second-order valence-electron chi connectivity index (χ2n) is 5.38. The highest BCUT2D eigenvalue weighted by Crippen LogP contribution is 2.27. The minimum Gasteiger partial charge on any atom is -0.342 e. The van der Waals surface area contributed by atoms with Crippen molar-refractivity contribution in [3.05, 3.63) is 47.6 Å². The average Bonchev–Trinajstić information content (AvgIpc) is 3.13. The zero-order chi connectivity index (χ0) is 14.7. The summed E-state index contributed by atoms with van der Waals surface area (Å²) in [4.78, 5) is 18.3. The predicted octanol–water partition coefficient (Wildman–Crippen LogP) is 2.19. The quantitative estimate of drug-likeness (QED) is 0.845. The van der Waals surface area contributed by atoms with Gasteiger partial charge in [0, 0.05) is 25.9 Å². The fourth-order valence-electron chi connectivity index (χ4n) is 2.64. The van der Waals surface area contributed by atoms with Gasteiger partial charge in [0.25, 0.3) is 0 Å². The first-order valence-electron chi connectivity index (χ1n) is 7.40. The first-order chi connectivity index (χ1) is 10.3. The number of hydrogen-bond donors (Lipinski definition) is 0. The molecule has 2 aromatic rings. The van der Waals surface area contributed by atoms with Gasteiger partial charge in [0.05, 0.1) is 5.92 Å². The molecular formula is C16H19N3O2. The molecule has 0 radical (unpaired) electrons. The molecule has 0 bridgehead atoms. The Morgan fingerprint density at radius 1 is 1.33 bits per heavy atom. The molecule has 0 spiro atoms. The van der Waals surface area contributed by atoms with Gasteiger partial charge in [-0.1, -0.05) is 42.4 Å². The molecule has 5 nitrogen and oxygen atoms in total. The molecule has 5 heteroatoms. The maximum absolute atomic E-state index is 12.1. The Hall–Kier alpha value is -2.17. The zero-order valence-corrected chi connectivity index (χ0v) is 12.2. The van der Waals surface area contributed by atoms with Gasteiger partial charge in [-0.3, -0.25) is 4.79 Å². The van der Waals surface area contributed by atoms with Crippen molar-refractivity contribution >= 4 is 5.91 Å². The van der Waals surface area contributed by atoms with Gasteiger partial charge in [-0.25, -0.2) is 0 Å². The zero-order valence-electron chi connectivity index (χ0n) is 12.2. The van der Waals surface area contributed by atoms with Gasteiger partial charge in [0.2, 0.25) is 11.8 Å². The fraction of sp³-hybridized carbons (Fsp3) is 0.438. The van der Waals surface area contributed by atoms with Crippen molar-refractivity contribution in [3.63, 3.8) is 0 Å². The van der Waals surface area contributed by atoms with Crippen LogP contribution in [0.2, 0.25) is 0 Å². The van der Waals surface area contributed by atoms with Crippen LogP contribution in [-0.4, -0.2) is 34.0 Å². The fourth-order valence-corrected chi connectivity index (χ4v) is 2.64. The Bertz CT molecular complexity index is 609. The molecule has 1 amide bonds. The van der Waals surface area contributed by atoms with Crippen LogP contribution >= 0.6 is 0 Å². The van der Waals surface area contributed by atoms with Crippen LogP contribution in [0.25, 0.3) is 0 Å². The molecule has 3 rings (SSSR count). The molecule has 110 valence electrons. The van der Waals surface area contributed by atoms with E-state index in [1.54, 1.807) is 0 Å². The highest BCUT2D eigenvalue weighted by atomic mass is 16.5. The summed E-state index contributed by atoms with van der Waals surface area (Å²) in [7, 11) is 0. The lowest BCUT2D eigenvalue weighted by Gasteiger charge is -2.15. The normalized spacial score (nSPS) is 18.4. The van der Waals surface area contributed by atoms with Crippen LogP contribution in [-0.2, 0) is 17.6 Å². The summed E-state index contributed by atoms with van der Waals surface area (Å²) in [5.41, 5.74) is 1.25. The summed E-state index contributed by atoms with van der Waals surface area (Å²) < 4.78 is 5.26. The second-order valence-corrected chi connectivity index (χ2v) is 5.38. The number of carbonyl (C=O) groups excluding carboxylic acids is 1. The van der Waals surface area contributed by atoms with Crippen molar-refractivity contribution in [2.45, 2.75) is 32.1 Å². The monoisotopic (exact) mass is 285 g/mol. The SMILES string of the molecule is CCc1noc([C@H]2CC(=O)N(CCc3ccccc3)C2)n1. The minimum absolute atomic E-state index is 0.0427. The summed E-state index contributed by atoms with van der Waals surface area (Å²) in [5, 5.41) is 3.91. The molecule has 0 aliphatic carbocycles. The summed E-state index contributed by atoms with van der Waals surface area (Å²) >= 11 is 0. The molecule has 1 aliphatic heterocycles. The molecule has 2 heterocycles. The number of carbonyl (C=O) groups is 1. The van der Waals surface area contributed by atoms with Gasteiger partial charge in [-0.15, -0.1) is 0 Å². The molecule has 21 heavy (non-hydrogen) atoms. The molecule has 1 aliphatic rings. The number of likely N-dealkylation sites (tertiary alicyclic amines) is 1. The van der Waals surface area contributed by atoms with Crippen LogP contribution in [0.4, 0.5) is 0 Å². The van der Waals surface area contributed by atoms with Crippen LogP contribution in [0.3, 0.4) is 0 Å². The Morgan fingerprint density at radius 3 is 2.86 bits per heavy atom. The highest BCUT2D eigenvalue weighted by molar-refractivity contribution is 5.79. The topological polar surface area (TPSA) is 59.2 Å². The van der Waals surface area contributed by atoms with E-state index < -0.39 is 0 Å². The van der Waals surface area contributed by atoms with Crippen LogP contribution in [0.5, 0.6) is 0 Å². The number of nitrogens with zero attached hydrogens (tertiary/aromatic N) is 3. The van der Waals surface area contributed by atoms with Crippen LogP contribution in [0.1, 0.15) is 36.5 Å². The highest BCUT2D eigenvalue weighted by Gasteiger charge is 2.33. The van der Waals surface area contributed by atoms with E-state index in [0.29, 0.717) is 24.7 Å². The van der Waals surface area contributed by atoms with Gasteiger partial charge in [0.1, 0.15) is 0 Å². The Labute approximate surface area is 124 Å². The molecule has 1 saturated heterocycles. The lowest BCUT2D eigenvalue weighted by atomic mass is 10.1. The van der Waals surface area contributed by atoms with Crippen LogP contribution in [0, 0.1) is 0 Å². The number of amides is 1. The number of aryl methyl sites for hydroxylation is 1. The third-order valence-corrected chi connectivity index (χ3v) is 3.88. The minimum atomic E-state index is 0.0427. The summed E-state index contributed by atoms with van der Waals surface area (Å²) in [6.45, 7) is 3.41. The van der Waals surface area contributed by atoms with Crippen molar-refractivity contribution in [2.75, 3.05) is 13.1 Å². The van der Waals surface area contributed by atoms with Gasteiger partial charge in [-0.05, 0) is 12.0 Å². The second kappa shape index (κ2) is 6.08. The van der Waals surface area contributed by atoms with Gasteiger partial charge in [-0.2, -0.15) is 4.98 Å². The van der Waals surface area contributed by atoms with E-state index >= 15 is 0 Å². The molecular weight excluding hydrogens is 266 g/mol. The van der Waals surface area contributed by atoms with Crippen molar-refractivity contribution in [1.82, 2.24) is 15.0 Å². The van der Waals surface area contributed by atoms with Crippen LogP contribution in [0.15, 0.2) is 34.9 Å². The molecule has 1 atom stereocenters. The molecule has 0 N–H and O–H groups in total. The summed E-state index contributed by atoms with van der Waals surface area (Å²) in [6.07, 6.45) is 2.10. The average molecular weight is 285 g/mol. The van der Waals surface area contributed by atoms with Crippen molar-refractivity contribution < 1.29 is 9.32 Å². The third-order valence-electron chi connectivity index (χ3n) is 3.88. The number of benzene rings is 1. The van der Waals surface area contributed by atoms with E-state index in [-0.39, 0.29) is 11.8 Å². The maximum Gasteiger partial charge on any atom is 0.232 e. The van der Waals surface area contributed by atoms with E-state index in [9.17, 15) is 4.79 Å². The first kappa shape index (κ1) is 13.8. The predicted molar refractivity (Wildman–Crippen MR) is 77.8 cm³/mol. The smallest absolute Gasteiger partial charge is 0.232 e. The molecule has 1 fully saturated rings. The number of hydrogen-bond acceptors (Lipinski definition) is 4. The maximum atomic E-state index is 12.1. The van der Waals surface area contributed by atoms with Crippen LogP contribution < -0.4 is 0 Å². The van der Waals surface area contributed by atoms with E-state index in [1.807, 2.05) is 30.0 Å². The molecule has 1 aromatic heterocycles. The van der Waals surface area contributed by atoms with E-state index in [0.717, 1.165) is 19.4 Å². The Morgan fingerprint density at radius 2 is 2.14 bits per heavy atom. The lowest BCUT2D eigenvalue weighted by molar-refractivity contribution is -0.127. The van der Waals surface area contributed by atoms with Gasteiger partial charge < -0.3 is 9.42 Å². The van der Waals surface area contributed by atoms with Crippen molar-refractivity contribution in [2.24, 2.45) is 0 Å². The molecule has 1 aromatic carbocycles. The summed E-state index contributed by atoms with van der Waals surface area (Å²) in [5.74, 6) is 1.52. The lowest BCUT2D eigenvalue weighted by Crippen LogP contribution is -2.27. The van der Waals surface area contributed by atoms with Gasteiger partial charge >= 0.3 is 0 Å². The number of rotatable bonds is 5. The van der Waals surface area contributed by atoms with Crippen molar-refractivity contribution in [3.8, 4) is 0 Å². The van der Waals surface area contributed by atoms with Gasteiger partial charge in [0.15, 0.2) is 5.82 Å². The van der Waals surface area contributed by atoms with E-state index in [2.05, 4.69) is 22.3 Å². The summed E-state index contributed by atoms with van der Waals surface area (Å²) in [6, 6.07) is 10.2. The molecule has 0 unspecified atom stereocenters. The van der Waals surface area contributed by atoms with E-state index in [4.69, 9.17) is 4.52 Å². The Balaban J connectivity index is 1.59. The first-order valence-corrected chi connectivity index (χ1v) is 7.40. The van der Waals surface area contributed by atoms with Crippen molar-refractivity contribution in [1.29, 1.82) is 0 Å².